The Morgan fingerprint density at radius 3 is 2.46 bits per heavy atom. The Balaban J connectivity index is 2.20. The molecule has 0 aromatic heterocycles. The van der Waals surface area contributed by atoms with Crippen LogP contribution in [0.4, 0.5) is 11.4 Å². The van der Waals surface area contributed by atoms with Gasteiger partial charge in [-0.25, -0.2) is 0 Å². The fourth-order valence-electron chi connectivity index (χ4n) is 2.55. The van der Waals surface area contributed by atoms with E-state index in [2.05, 4.69) is 5.32 Å². The normalized spacial score (nSPS) is 10.4. The van der Waals surface area contributed by atoms with E-state index in [9.17, 15) is 9.59 Å². The van der Waals surface area contributed by atoms with Crippen molar-refractivity contribution in [3.63, 3.8) is 0 Å². The highest BCUT2D eigenvalue weighted by atomic mass is 35.5. The minimum atomic E-state index is -0.268. The number of hydrogen-bond acceptors (Lipinski definition) is 2. The fourth-order valence-corrected chi connectivity index (χ4v) is 2.73. The van der Waals surface area contributed by atoms with Crippen LogP contribution in [0.25, 0.3) is 0 Å². The zero-order valence-corrected chi connectivity index (χ0v) is 15.1. The van der Waals surface area contributed by atoms with Crippen molar-refractivity contribution >= 4 is 34.8 Å². The standard InChI is InChI=1S/C19H21ClN2O2/c1-12-8-9-18(13(2)10-12)22(15(4)23)11-19(24)21-17-7-5-6-16(20)14(17)3/h5-10H,11H2,1-4H3,(H,21,24). The predicted octanol–water partition coefficient (Wildman–Crippen LogP) is 4.26. The van der Waals surface area contributed by atoms with E-state index < -0.39 is 0 Å². The molecule has 126 valence electrons. The number of amides is 2. The summed E-state index contributed by atoms with van der Waals surface area (Å²) in [6.45, 7) is 7.16. The second-order valence-corrected chi connectivity index (χ2v) is 6.26. The van der Waals surface area contributed by atoms with E-state index in [4.69, 9.17) is 11.6 Å². The van der Waals surface area contributed by atoms with Crippen molar-refractivity contribution in [2.45, 2.75) is 27.7 Å². The molecular formula is C19H21ClN2O2. The molecule has 0 heterocycles. The summed E-state index contributed by atoms with van der Waals surface area (Å²) in [7, 11) is 0. The van der Waals surface area contributed by atoms with Crippen LogP contribution in [0.5, 0.6) is 0 Å². The maximum atomic E-state index is 12.4. The quantitative estimate of drug-likeness (QED) is 0.901. The summed E-state index contributed by atoms with van der Waals surface area (Å²) in [6, 6.07) is 11.1. The van der Waals surface area contributed by atoms with Gasteiger partial charge >= 0.3 is 0 Å². The van der Waals surface area contributed by atoms with Gasteiger partial charge in [0.2, 0.25) is 11.8 Å². The highest BCUT2D eigenvalue weighted by molar-refractivity contribution is 6.31. The van der Waals surface area contributed by atoms with Gasteiger partial charge in [0.25, 0.3) is 0 Å². The smallest absolute Gasteiger partial charge is 0.244 e. The van der Waals surface area contributed by atoms with Crippen molar-refractivity contribution in [1.82, 2.24) is 0 Å². The van der Waals surface area contributed by atoms with Gasteiger partial charge in [-0.2, -0.15) is 0 Å². The molecule has 2 aromatic carbocycles. The Bertz CT molecular complexity index is 787. The Hall–Kier alpha value is -2.33. The lowest BCUT2D eigenvalue weighted by molar-refractivity contribution is -0.120. The molecule has 0 aliphatic rings. The Morgan fingerprint density at radius 2 is 1.83 bits per heavy atom. The number of rotatable bonds is 4. The molecule has 0 spiro atoms. The zero-order valence-electron chi connectivity index (χ0n) is 14.3. The van der Waals surface area contributed by atoms with Gasteiger partial charge in [0.05, 0.1) is 0 Å². The van der Waals surface area contributed by atoms with Crippen LogP contribution in [-0.2, 0) is 9.59 Å². The van der Waals surface area contributed by atoms with E-state index in [1.807, 2.05) is 39.0 Å². The van der Waals surface area contributed by atoms with Gasteiger partial charge in [-0.15, -0.1) is 0 Å². The number of benzene rings is 2. The second kappa shape index (κ2) is 7.49. The number of carbonyl (C=O) groups excluding carboxylic acids is 2. The Labute approximate surface area is 147 Å². The number of nitrogens with one attached hydrogen (secondary N) is 1. The Morgan fingerprint density at radius 1 is 1.12 bits per heavy atom. The van der Waals surface area contributed by atoms with Crippen LogP contribution < -0.4 is 10.2 Å². The first-order chi connectivity index (χ1) is 11.3. The molecule has 2 rings (SSSR count). The number of halogens is 1. The predicted molar refractivity (Wildman–Crippen MR) is 98.8 cm³/mol. The summed E-state index contributed by atoms with van der Waals surface area (Å²) in [5, 5.41) is 3.41. The van der Waals surface area contributed by atoms with Gasteiger partial charge < -0.3 is 10.2 Å². The van der Waals surface area contributed by atoms with Gasteiger partial charge in [0, 0.05) is 23.3 Å². The highest BCUT2D eigenvalue weighted by Crippen LogP contribution is 2.24. The molecule has 1 N–H and O–H groups in total. The number of aryl methyl sites for hydroxylation is 2. The molecule has 0 aliphatic heterocycles. The van der Waals surface area contributed by atoms with Crippen molar-refractivity contribution in [3.05, 3.63) is 58.1 Å². The van der Waals surface area contributed by atoms with Gasteiger partial charge in [-0.1, -0.05) is 35.4 Å². The molecule has 2 aromatic rings. The molecular weight excluding hydrogens is 324 g/mol. The third-order valence-corrected chi connectivity index (χ3v) is 4.28. The summed E-state index contributed by atoms with van der Waals surface area (Å²) in [5.74, 6) is -0.449. The van der Waals surface area contributed by atoms with Crippen LogP contribution in [0.2, 0.25) is 5.02 Å². The van der Waals surface area contributed by atoms with Crippen LogP contribution in [0.3, 0.4) is 0 Å². The molecule has 24 heavy (non-hydrogen) atoms. The highest BCUT2D eigenvalue weighted by Gasteiger charge is 2.18. The number of hydrogen-bond donors (Lipinski definition) is 1. The third kappa shape index (κ3) is 4.15. The van der Waals surface area contributed by atoms with Crippen molar-refractivity contribution in [2.75, 3.05) is 16.8 Å². The van der Waals surface area contributed by atoms with Gasteiger partial charge in [0.15, 0.2) is 0 Å². The van der Waals surface area contributed by atoms with Crippen LogP contribution >= 0.6 is 11.6 Å². The third-order valence-electron chi connectivity index (χ3n) is 3.87. The summed E-state index contributed by atoms with van der Waals surface area (Å²) in [5.41, 5.74) is 4.26. The zero-order chi connectivity index (χ0) is 17.9. The molecule has 4 nitrogen and oxygen atoms in total. The summed E-state index contributed by atoms with van der Waals surface area (Å²) < 4.78 is 0. The summed E-state index contributed by atoms with van der Waals surface area (Å²) in [4.78, 5) is 25.9. The number of anilines is 2. The maximum Gasteiger partial charge on any atom is 0.244 e. The van der Waals surface area contributed by atoms with Crippen LogP contribution in [0, 0.1) is 20.8 Å². The van der Waals surface area contributed by atoms with Crippen LogP contribution in [0.1, 0.15) is 23.6 Å². The van der Waals surface area contributed by atoms with Gasteiger partial charge in [-0.05, 0) is 50.1 Å². The minimum absolute atomic E-state index is 0.0504. The molecule has 2 amide bonds. The van der Waals surface area contributed by atoms with Crippen molar-refractivity contribution in [2.24, 2.45) is 0 Å². The van der Waals surface area contributed by atoms with Gasteiger partial charge in [-0.3, -0.25) is 9.59 Å². The molecule has 0 fully saturated rings. The van der Waals surface area contributed by atoms with Crippen LogP contribution in [0.15, 0.2) is 36.4 Å². The second-order valence-electron chi connectivity index (χ2n) is 5.86. The average molecular weight is 345 g/mol. The van der Waals surface area contributed by atoms with E-state index in [0.29, 0.717) is 10.7 Å². The topological polar surface area (TPSA) is 49.4 Å². The van der Waals surface area contributed by atoms with Crippen molar-refractivity contribution in [1.29, 1.82) is 0 Å². The monoisotopic (exact) mass is 344 g/mol. The molecule has 0 aliphatic carbocycles. The lowest BCUT2D eigenvalue weighted by atomic mass is 10.1. The summed E-state index contributed by atoms with van der Waals surface area (Å²) >= 11 is 6.07. The first kappa shape index (κ1) is 18.0. The molecule has 0 atom stereocenters. The molecule has 0 bridgehead atoms. The van der Waals surface area contributed by atoms with E-state index in [-0.39, 0.29) is 18.4 Å². The minimum Gasteiger partial charge on any atom is -0.324 e. The van der Waals surface area contributed by atoms with E-state index in [0.717, 1.165) is 22.4 Å². The lowest BCUT2D eigenvalue weighted by Gasteiger charge is -2.23. The SMILES string of the molecule is CC(=O)N(CC(=O)Nc1cccc(Cl)c1C)c1ccc(C)cc1C. The maximum absolute atomic E-state index is 12.4. The van der Waals surface area contributed by atoms with E-state index >= 15 is 0 Å². The largest absolute Gasteiger partial charge is 0.324 e. The van der Waals surface area contributed by atoms with Crippen molar-refractivity contribution in [3.8, 4) is 0 Å². The van der Waals surface area contributed by atoms with E-state index in [1.54, 1.807) is 18.2 Å². The lowest BCUT2D eigenvalue weighted by Crippen LogP contribution is -2.37. The Kier molecular flexibility index (Phi) is 5.62. The molecule has 0 radical (unpaired) electrons. The molecule has 5 heteroatoms. The summed E-state index contributed by atoms with van der Waals surface area (Å²) in [6.07, 6.45) is 0. The molecule has 0 saturated carbocycles. The molecule has 0 unspecified atom stereocenters. The van der Waals surface area contributed by atoms with Crippen molar-refractivity contribution < 1.29 is 9.59 Å². The number of nitrogens with zero attached hydrogens (tertiary/aromatic N) is 1. The first-order valence-electron chi connectivity index (χ1n) is 7.70. The first-order valence-corrected chi connectivity index (χ1v) is 8.07. The average Bonchev–Trinajstić information content (AvgIpc) is 2.50. The van der Waals surface area contributed by atoms with E-state index in [1.165, 1.54) is 11.8 Å². The molecule has 0 saturated heterocycles. The number of carbonyl (C=O) groups is 2. The fraction of sp³-hybridized carbons (Fsp3) is 0.263. The van der Waals surface area contributed by atoms with Gasteiger partial charge in [0.1, 0.15) is 6.54 Å². The van der Waals surface area contributed by atoms with Crippen LogP contribution in [-0.4, -0.2) is 18.4 Å².